The highest BCUT2D eigenvalue weighted by atomic mass is 32.3. The van der Waals surface area contributed by atoms with E-state index in [2.05, 4.69) is 0 Å². The van der Waals surface area contributed by atoms with Crippen LogP contribution in [0.2, 0.25) is 0 Å². The Morgan fingerprint density at radius 2 is 1.24 bits per heavy atom. The summed E-state index contributed by atoms with van der Waals surface area (Å²) in [4.78, 5) is 0. The summed E-state index contributed by atoms with van der Waals surface area (Å²) in [5.74, 6) is 0. The van der Waals surface area contributed by atoms with Gasteiger partial charge in [0, 0.05) is 0 Å². The molecule has 0 aliphatic heterocycles. The zero-order chi connectivity index (χ0) is 16.9. The predicted octanol–water partition coefficient (Wildman–Crippen LogP) is 1.01. The molecule has 0 aromatic heterocycles. The van der Waals surface area contributed by atoms with Crippen molar-refractivity contribution in [2.24, 2.45) is 5.73 Å². The zero-order valence-electron chi connectivity index (χ0n) is 9.68. The second-order valence-corrected chi connectivity index (χ2v) is 8.44. The molecule has 0 radical (unpaired) electrons. The normalized spacial score (nSPS) is 23.3. The molecule has 0 aromatic rings. The number of halogens is 6. The average Bonchev–Trinajstić information content (AvgIpc) is 2.25. The van der Waals surface area contributed by atoms with E-state index in [1.807, 2.05) is 0 Å². The Balaban J connectivity index is 3.90. The van der Waals surface area contributed by atoms with Gasteiger partial charge in [0.05, 0.1) is 6.04 Å². The first kappa shape index (κ1) is 18.0. The van der Waals surface area contributed by atoms with Gasteiger partial charge in [0.15, 0.2) is 0 Å². The standard InChI is InChI=1S/C8H7F6NO4S2/c9-7(10,11)20(16,17)6(4-2-1-3-5(6)15)21(18,19)8(12,13)14/h1-5H,15H2. The summed E-state index contributed by atoms with van der Waals surface area (Å²) in [6.07, 6.45) is 1.48. The van der Waals surface area contributed by atoms with Gasteiger partial charge in [-0.3, -0.25) is 0 Å². The van der Waals surface area contributed by atoms with E-state index < -0.39 is 40.8 Å². The zero-order valence-corrected chi connectivity index (χ0v) is 11.3. The molecule has 0 heterocycles. The summed E-state index contributed by atoms with van der Waals surface area (Å²) in [5.41, 5.74) is -7.52. The van der Waals surface area contributed by atoms with Crippen LogP contribution in [-0.2, 0) is 19.7 Å². The highest BCUT2D eigenvalue weighted by molar-refractivity contribution is 8.11. The number of hydrogen-bond donors (Lipinski definition) is 1. The minimum atomic E-state index is -6.82. The van der Waals surface area contributed by atoms with E-state index in [1.165, 1.54) is 0 Å². The van der Waals surface area contributed by atoms with Crippen molar-refractivity contribution >= 4 is 19.7 Å². The van der Waals surface area contributed by atoms with Gasteiger partial charge < -0.3 is 5.73 Å². The summed E-state index contributed by atoms with van der Waals surface area (Å²) in [6, 6.07) is -2.58. The molecule has 1 unspecified atom stereocenters. The van der Waals surface area contributed by atoms with Crippen LogP contribution in [0.3, 0.4) is 0 Å². The Morgan fingerprint density at radius 3 is 1.52 bits per heavy atom. The topological polar surface area (TPSA) is 94.3 Å². The molecule has 0 aromatic carbocycles. The lowest BCUT2D eigenvalue weighted by molar-refractivity contribution is -0.0487. The first-order valence-electron chi connectivity index (χ1n) is 4.86. The van der Waals surface area contributed by atoms with Gasteiger partial charge in [-0.1, -0.05) is 18.2 Å². The Labute approximate surface area is 114 Å². The Hall–Kier alpha value is -1.08. The van der Waals surface area contributed by atoms with Gasteiger partial charge in [0.25, 0.3) is 19.7 Å². The van der Waals surface area contributed by atoms with E-state index >= 15 is 0 Å². The van der Waals surface area contributed by atoms with Crippen molar-refractivity contribution in [3.8, 4) is 0 Å². The largest absolute Gasteiger partial charge is 0.499 e. The molecule has 0 amide bonds. The third-order valence-corrected chi connectivity index (χ3v) is 7.70. The van der Waals surface area contributed by atoms with Crippen LogP contribution in [0, 0.1) is 0 Å². The number of sulfone groups is 2. The van der Waals surface area contributed by atoms with Gasteiger partial charge in [-0.25, -0.2) is 16.8 Å². The van der Waals surface area contributed by atoms with E-state index in [4.69, 9.17) is 5.73 Å². The molecule has 0 fully saturated rings. The maximum Gasteiger partial charge on any atom is 0.499 e. The van der Waals surface area contributed by atoms with E-state index in [0.717, 1.165) is 6.08 Å². The maximum atomic E-state index is 12.6. The highest BCUT2D eigenvalue weighted by Gasteiger charge is 2.73. The molecule has 1 atom stereocenters. The van der Waals surface area contributed by atoms with Crippen molar-refractivity contribution in [3.05, 3.63) is 24.3 Å². The second-order valence-electron chi connectivity index (χ2n) is 3.89. The number of alkyl halides is 6. The third-order valence-electron chi connectivity index (χ3n) is 2.67. The van der Waals surface area contributed by atoms with Crippen molar-refractivity contribution in [2.45, 2.75) is 21.1 Å². The molecular weight excluding hydrogens is 352 g/mol. The van der Waals surface area contributed by atoms with Gasteiger partial charge >= 0.3 is 11.0 Å². The number of hydrogen-bond acceptors (Lipinski definition) is 5. The molecule has 122 valence electrons. The predicted molar refractivity (Wildman–Crippen MR) is 58.9 cm³/mol. The Morgan fingerprint density at radius 1 is 0.857 bits per heavy atom. The number of allylic oxidation sites excluding steroid dienone is 2. The molecule has 0 saturated carbocycles. The van der Waals surface area contributed by atoms with Gasteiger partial charge in [0.2, 0.25) is 4.08 Å². The minimum absolute atomic E-state index is 0.219. The monoisotopic (exact) mass is 359 g/mol. The maximum absolute atomic E-state index is 12.6. The third kappa shape index (κ3) is 2.26. The fourth-order valence-electron chi connectivity index (χ4n) is 1.66. The summed E-state index contributed by atoms with van der Waals surface area (Å²) < 4.78 is 117. The number of rotatable bonds is 2. The Kier molecular flexibility index (Phi) is 4.03. The minimum Gasteiger partial charge on any atom is -0.322 e. The SMILES string of the molecule is NC1C=CC=CC1(S(=O)(=O)C(F)(F)F)S(=O)(=O)C(F)(F)F. The van der Waals surface area contributed by atoms with Crippen molar-refractivity contribution in [2.75, 3.05) is 0 Å². The van der Waals surface area contributed by atoms with Crippen LogP contribution in [0.4, 0.5) is 26.3 Å². The number of nitrogens with two attached hydrogens (primary N) is 1. The van der Waals surface area contributed by atoms with Gasteiger partial charge in [-0.15, -0.1) is 0 Å². The fraction of sp³-hybridized carbons (Fsp3) is 0.500. The van der Waals surface area contributed by atoms with E-state index in [0.29, 0.717) is 12.2 Å². The molecule has 21 heavy (non-hydrogen) atoms. The van der Waals surface area contributed by atoms with Crippen LogP contribution < -0.4 is 5.73 Å². The van der Waals surface area contributed by atoms with Crippen molar-refractivity contribution < 1.29 is 43.2 Å². The van der Waals surface area contributed by atoms with Crippen LogP contribution in [0.5, 0.6) is 0 Å². The molecular formula is C8H7F6NO4S2. The lowest BCUT2D eigenvalue weighted by Gasteiger charge is -2.35. The lowest BCUT2D eigenvalue weighted by Crippen LogP contribution is -2.63. The smallest absolute Gasteiger partial charge is 0.322 e. The molecule has 13 heteroatoms. The fourth-order valence-corrected chi connectivity index (χ4v) is 5.50. The first-order valence-corrected chi connectivity index (χ1v) is 7.83. The molecule has 0 spiro atoms. The lowest BCUT2D eigenvalue weighted by atomic mass is 10.1. The van der Waals surface area contributed by atoms with E-state index in [9.17, 15) is 43.2 Å². The molecule has 5 nitrogen and oxygen atoms in total. The van der Waals surface area contributed by atoms with E-state index in [-0.39, 0.29) is 6.08 Å². The summed E-state index contributed by atoms with van der Waals surface area (Å²) in [5, 5.41) is 0. The molecule has 0 bridgehead atoms. The van der Waals surface area contributed by atoms with Gasteiger partial charge in [0.1, 0.15) is 0 Å². The van der Waals surface area contributed by atoms with Crippen molar-refractivity contribution in [1.29, 1.82) is 0 Å². The van der Waals surface area contributed by atoms with Gasteiger partial charge in [-0.05, 0) is 6.08 Å². The second kappa shape index (κ2) is 4.71. The van der Waals surface area contributed by atoms with Crippen molar-refractivity contribution in [1.82, 2.24) is 0 Å². The summed E-state index contributed by atoms with van der Waals surface area (Å²) in [7, 11) is -13.6. The van der Waals surface area contributed by atoms with E-state index in [1.54, 1.807) is 0 Å². The molecule has 1 aliphatic carbocycles. The first-order chi connectivity index (χ1) is 9.13. The van der Waals surface area contributed by atoms with Crippen molar-refractivity contribution in [3.63, 3.8) is 0 Å². The van der Waals surface area contributed by atoms with Gasteiger partial charge in [-0.2, -0.15) is 26.3 Å². The van der Waals surface area contributed by atoms with Crippen LogP contribution in [0.1, 0.15) is 0 Å². The average molecular weight is 359 g/mol. The van der Waals surface area contributed by atoms with Crippen LogP contribution in [0.25, 0.3) is 0 Å². The van der Waals surface area contributed by atoms with Crippen LogP contribution in [-0.4, -0.2) is 38.0 Å². The quantitative estimate of drug-likeness (QED) is 0.743. The van der Waals surface area contributed by atoms with Crippen LogP contribution in [0.15, 0.2) is 24.3 Å². The molecule has 0 saturated heterocycles. The summed E-state index contributed by atoms with van der Waals surface area (Å²) >= 11 is 0. The molecule has 1 aliphatic rings. The molecule has 2 N–H and O–H groups in total. The van der Waals surface area contributed by atoms with Crippen LogP contribution >= 0.6 is 0 Å². The summed E-state index contributed by atoms with van der Waals surface area (Å²) in [6.45, 7) is 0. The Bertz CT molecular complexity index is 641. The molecule has 1 rings (SSSR count). The highest BCUT2D eigenvalue weighted by Crippen LogP contribution is 2.47.